The summed E-state index contributed by atoms with van der Waals surface area (Å²) in [5.41, 5.74) is 1.22. The Morgan fingerprint density at radius 2 is 2.10 bits per heavy atom. The van der Waals surface area contributed by atoms with E-state index in [1.165, 1.54) is 6.07 Å². The van der Waals surface area contributed by atoms with E-state index in [1.807, 2.05) is 0 Å². The van der Waals surface area contributed by atoms with E-state index in [9.17, 15) is 9.59 Å². The number of carboxylic acid groups (broad SMARTS) is 1. The predicted octanol–water partition coefficient (Wildman–Crippen LogP) is 1.92. The highest BCUT2D eigenvalue weighted by Gasteiger charge is 2.15. The molecular formula is C14H14N2O4. The quantitative estimate of drug-likeness (QED) is 0.888. The number of rotatable bonds is 4. The molecule has 6 nitrogen and oxygen atoms in total. The van der Waals surface area contributed by atoms with Gasteiger partial charge in [0.1, 0.15) is 17.1 Å². The van der Waals surface area contributed by atoms with Crippen molar-refractivity contribution in [2.24, 2.45) is 0 Å². The lowest BCUT2D eigenvalue weighted by Gasteiger charge is -2.05. The fraction of sp³-hybridized carbons (Fsp3) is 0.214. The van der Waals surface area contributed by atoms with Crippen molar-refractivity contribution in [3.05, 3.63) is 52.7 Å². The van der Waals surface area contributed by atoms with Crippen LogP contribution < -0.4 is 5.32 Å². The Balaban J connectivity index is 2.06. The molecule has 1 amide bonds. The maximum absolute atomic E-state index is 12.0. The number of hydrogen-bond donors (Lipinski definition) is 2. The summed E-state index contributed by atoms with van der Waals surface area (Å²) in [6.45, 7) is 3.44. The summed E-state index contributed by atoms with van der Waals surface area (Å²) in [5, 5.41) is 11.6. The van der Waals surface area contributed by atoms with Gasteiger partial charge < -0.3 is 14.8 Å². The second kappa shape index (κ2) is 5.56. The molecule has 20 heavy (non-hydrogen) atoms. The van der Waals surface area contributed by atoms with Gasteiger partial charge in [-0.2, -0.15) is 0 Å². The van der Waals surface area contributed by atoms with Gasteiger partial charge in [0.15, 0.2) is 0 Å². The van der Waals surface area contributed by atoms with Crippen LogP contribution in [0.2, 0.25) is 0 Å². The first-order valence-corrected chi connectivity index (χ1v) is 6.01. The fourth-order valence-corrected chi connectivity index (χ4v) is 1.83. The Bertz CT molecular complexity index is 661. The molecule has 2 N–H and O–H groups in total. The number of carbonyl (C=O) groups excluding carboxylic acids is 1. The van der Waals surface area contributed by atoms with Crippen LogP contribution in [0, 0.1) is 13.8 Å². The number of aryl methyl sites for hydroxylation is 2. The highest BCUT2D eigenvalue weighted by Crippen LogP contribution is 2.14. The number of furan rings is 1. The number of nitrogens with one attached hydrogen (secondary N) is 1. The smallest absolute Gasteiger partial charge is 0.339 e. The van der Waals surface area contributed by atoms with Gasteiger partial charge in [-0.05, 0) is 32.0 Å². The molecule has 2 heterocycles. The molecule has 0 saturated carbocycles. The third-order valence-electron chi connectivity index (χ3n) is 2.87. The monoisotopic (exact) mass is 274 g/mol. The summed E-state index contributed by atoms with van der Waals surface area (Å²) < 4.78 is 5.28. The van der Waals surface area contributed by atoms with E-state index in [0.717, 1.165) is 0 Å². The molecular weight excluding hydrogens is 260 g/mol. The van der Waals surface area contributed by atoms with E-state index in [2.05, 4.69) is 10.3 Å². The second-order valence-electron chi connectivity index (χ2n) is 4.31. The SMILES string of the molecule is Cc1ncccc1C(=O)NCc1cc(C(=O)O)c(C)o1. The number of aromatic carboxylic acids is 1. The van der Waals surface area contributed by atoms with Gasteiger partial charge in [0.05, 0.1) is 12.1 Å². The van der Waals surface area contributed by atoms with Crippen LogP contribution in [0.5, 0.6) is 0 Å². The minimum absolute atomic E-state index is 0.104. The van der Waals surface area contributed by atoms with Gasteiger partial charge in [0, 0.05) is 11.9 Å². The van der Waals surface area contributed by atoms with Gasteiger partial charge in [0.25, 0.3) is 5.91 Å². The maximum Gasteiger partial charge on any atom is 0.339 e. The largest absolute Gasteiger partial charge is 0.478 e. The highest BCUT2D eigenvalue weighted by atomic mass is 16.4. The lowest BCUT2D eigenvalue weighted by Crippen LogP contribution is -2.23. The molecule has 2 aromatic heterocycles. The van der Waals surface area contributed by atoms with Crippen molar-refractivity contribution in [3.63, 3.8) is 0 Å². The van der Waals surface area contributed by atoms with Gasteiger partial charge in [-0.25, -0.2) is 4.79 Å². The van der Waals surface area contributed by atoms with Crippen LogP contribution in [0.4, 0.5) is 0 Å². The van der Waals surface area contributed by atoms with Gasteiger partial charge in [-0.15, -0.1) is 0 Å². The molecule has 0 atom stereocenters. The number of hydrogen-bond acceptors (Lipinski definition) is 4. The molecule has 0 bridgehead atoms. The minimum Gasteiger partial charge on any atom is -0.478 e. The van der Waals surface area contributed by atoms with Gasteiger partial charge in [-0.1, -0.05) is 0 Å². The van der Waals surface area contributed by atoms with Crippen molar-refractivity contribution in [2.75, 3.05) is 0 Å². The van der Waals surface area contributed by atoms with Crippen molar-refractivity contribution < 1.29 is 19.1 Å². The van der Waals surface area contributed by atoms with Crippen LogP contribution in [-0.4, -0.2) is 22.0 Å². The molecule has 0 fully saturated rings. The number of carbonyl (C=O) groups is 2. The standard InChI is InChI=1S/C14H14N2O4/c1-8-11(4-3-5-15-8)13(17)16-7-10-6-12(14(18)19)9(2)20-10/h3-6H,7H2,1-2H3,(H,16,17)(H,18,19). The van der Waals surface area contributed by atoms with Gasteiger partial charge in [0.2, 0.25) is 0 Å². The molecule has 2 rings (SSSR count). The predicted molar refractivity (Wildman–Crippen MR) is 70.5 cm³/mol. The zero-order valence-electron chi connectivity index (χ0n) is 11.1. The molecule has 0 saturated heterocycles. The van der Waals surface area contributed by atoms with Crippen molar-refractivity contribution in [2.45, 2.75) is 20.4 Å². The van der Waals surface area contributed by atoms with Gasteiger partial charge >= 0.3 is 5.97 Å². The summed E-state index contributed by atoms with van der Waals surface area (Å²) in [4.78, 5) is 26.9. The third kappa shape index (κ3) is 2.85. The van der Waals surface area contributed by atoms with E-state index in [1.54, 1.807) is 32.2 Å². The van der Waals surface area contributed by atoms with E-state index in [0.29, 0.717) is 22.8 Å². The Morgan fingerprint density at radius 3 is 2.70 bits per heavy atom. The molecule has 0 aliphatic carbocycles. The third-order valence-corrected chi connectivity index (χ3v) is 2.87. The van der Waals surface area contributed by atoms with Crippen LogP contribution in [0.3, 0.4) is 0 Å². The van der Waals surface area contributed by atoms with Crippen molar-refractivity contribution in [3.8, 4) is 0 Å². The van der Waals surface area contributed by atoms with Crippen LogP contribution in [0.15, 0.2) is 28.8 Å². The molecule has 0 radical (unpaired) electrons. The Labute approximate surface area is 115 Å². The Kier molecular flexibility index (Phi) is 3.84. The summed E-state index contributed by atoms with van der Waals surface area (Å²) in [7, 11) is 0. The van der Waals surface area contributed by atoms with E-state index in [-0.39, 0.29) is 18.0 Å². The van der Waals surface area contributed by atoms with Crippen LogP contribution in [-0.2, 0) is 6.54 Å². The lowest BCUT2D eigenvalue weighted by molar-refractivity contribution is 0.0694. The minimum atomic E-state index is -1.05. The zero-order chi connectivity index (χ0) is 14.7. The van der Waals surface area contributed by atoms with Crippen LogP contribution >= 0.6 is 0 Å². The van der Waals surface area contributed by atoms with Crippen molar-refractivity contribution in [1.82, 2.24) is 10.3 Å². The van der Waals surface area contributed by atoms with Crippen LogP contribution in [0.1, 0.15) is 37.9 Å². The normalized spacial score (nSPS) is 10.3. The van der Waals surface area contributed by atoms with Crippen molar-refractivity contribution in [1.29, 1.82) is 0 Å². The first kappa shape index (κ1) is 13.8. The number of pyridine rings is 1. The first-order chi connectivity index (χ1) is 9.49. The second-order valence-corrected chi connectivity index (χ2v) is 4.31. The highest BCUT2D eigenvalue weighted by molar-refractivity contribution is 5.95. The molecule has 0 unspecified atom stereocenters. The average Bonchev–Trinajstić information content (AvgIpc) is 2.78. The summed E-state index contributed by atoms with van der Waals surface area (Å²) in [6, 6.07) is 4.77. The van der Waals surface area contributed by atoms with E-state index < -0.39 is 5.97 Å². The van der Waals surface area contributed by atoms with E-state index >= 15 is 0 Å². The van der Waals surface area contributed by atoms with Crippen LogP contribution in [0.25, 0.3) is 0 Å². The topological polar surface area (TPSA) is 92.4 Å². The number of aromatic nitrogens is 1. The van der Waals surface area contributed by atoms with Crippen molar-refractivity contribution >= 4 is 11.9 Å². The molecule has 6 heteroatoms. The summed E-state index contributed by atoms with van der Waals surface area (Å²) in [6.07, 6.45) is 1.61. The summed E-state index contributed by atoms with van der Waals surface area (Å²) in [5.74, 6) is -0.609. The molecule has 104 valence electrons. The average molecular weight is 274 g/mol. The fourth-order valence-electron chi connectivity index (χ4n) is 1.83. The zero-order valence-corrected chi connectivity index (χ0v) is 11.1. The first-order valence-electron chi connectivity index (χ1n) is 6.01. The molecule has 0 spiro atoms. The molecule has 0 aromatic carbocycles. The van der Waals surface area contributed by atoms with Gasteiger partial charge in [-0.3, -0.25) is 9.78 Å². The molecule has 0 aliphatic rings. The lowest BCUT2D eigenvalue weighted by atomic mass is 10.2. The Morgan fingerprint density at radius 1 is 1.35 bits per heavy atom. The number of amides is 1. The number of nitrogens with zero attached hydrogens (tertiary/aromatic N) is 1. The number of carboxylic acids is 1. The molecule has 2 aromatic rings. The maximum atomic E-state index is 12.0. The molecule has 0 aliphatic heterocycles. The summed E-state index contributed by atoms with van der Waals surface area (Å²) >= 11 is 0. The Hall–Kier alpha value is -2.63. The van der Waals surface area contributed by atoms with E-state index in [4.69, 9.17) is 9.52 Å².